The van der Waals surface area contributed by atoms with Crippen LogP contribution in [0.15, 0.2) is 18.2 Å². The Morgan fingerprint density at radius 3 is 2.78 bits per heavy atom. The lowest BCUT2D eigenvalue weighted by Crippen LogP contribution is -2.35. The summed E-state index contributed by atoms with van der Waals surface area (Å²) in [7, 11) is 0. The first-order valence-corrected chi connectivity index (χ1v) is 6.63. The van der Waals surface area contributed by atoms with E-state index < -0.39 is 5.60 Å². The van der Waals surface area contributed by atoms with Crippen LogP contribution in [0.2, 0.25) is 0 Å². The second kappa shape index (κ2) is 4.81. The van der Waals surface area contributed by atoms with E-state index in [-0.39, 0.29) is 6.09 Å². The maximum atomic E-state index is 12.1. The molecule has 18 heavy (non-hydrogen) atoms. The van der Waals surface area contributed by atoms with Gasteiger partial charge in [-0.05, 0) is 44.4 Å². The van der Waals surface area contributed by atoms with Gasteiger partial charge >= 0.3 is 6.09 Å². The van der Waals surface area contributed by atoms with Gasteiger partial charge in [-0.1, -0.05) is 12.1 Å². The van der Waals surface area contributed by atoms with Gasteiger partial charge in [-0.3, -0.25) is 4.90 Å². The molecule has 0 aromatic heterocycles. The number of amides is 1. The van der Waals surface area contributed by atoms with Crippen LogP contribution in [-0.4, -0.2) is 18.2 Å². The molecule has 1 amide bonds. The lowest BCUT2D eigenvalue weighted by molar-refractivity contribution is 0.0584. The van der Waals surface area contributed by atoms with Crippen molar-refractivity contribution in [2.45, 2.75) is 38.7 Å². The Bertz CT molecular complexity index is 465. The average molecular weight is 268 g/mol. The summed E-state index contributed by atoms with van der Waals surface area (Å²) in [5, 5.41) is 0. The van der Waals surface area contributed by atoms with Crippen molar-refractivity contribution in [2.75, 3.05) is 11.4 Å². The van der Waals surface area contributed by atoms with Crippen molar-refractivity contribution >= 4 is 23.4 Å². The first-order chi connectivity index (χ1) is 8.42. The average Bonchev–Trinajstić information content (AvgIpc) is 2.69. The Balaban J connectivity index is 2.24. The Labute approximate surface area is 113 Å². The van der Waals surface area contributed by atoms with E-state index in [0.717, 1.165) is 17.7 Å². The molecule has 1 aromatic carbocycles. The molecular weight excluding hydrogens is 250 g/mol. The third-order valence-electron chi connectivity index (χ3n) is 2.88. The maximum absolute atomic E-state index is 12.1. The van der Waals surface area contributed by atoms with Gasteiger partial charge < -0.3 is 4.74 Å². The van der Waals surface area contributed by atoms with Gasteiger partial charge in [0, 0.05) is 12.4 Å². The lowest BCUT2D eigenvalue weighted by atomic mass is 10.1. The molecule has 0 N–H and O–H groups in total. The molecule has 1 aromatic rings. The number of fused-ring (bicyclic) bond motifs is 1. The van der Waals surface area contributed by atoms with E-state index in [4.69, 9.17) is 16.3 Å². The van der Waals surface area contributed by atoms with E-state index in [1.54, 1.807) is 4.90 Å². The monoisotopic (exact) mass is 267 g/mol. The van der Waals surface area contributed by atoms with E-state index in [1.165, 1.54) is 5.56 Å². The van der Waals surface area contributed by atoms with Crippen LogP contribution in [0.1, 0.15) is 31.9 Å². The molecule has 0 radical (unpaired) electrons. The fourth-order valence-corrected chi connectivity index (χ4v) is 2.39. The molecular formula is C14H18ClNO2. The van der Waals surface area contributed by atoms with Gasteiger partial charge in [-0.15, -0.1) is 11.6 Å². The topological polar surface area (TPSA) is 29.5 Å². The fraction of sp³-hybridized carbons (Fsp3) is 0.500. The van der Waals surface area contributed by atoms with Gasteiger partial charge in [0.2, 0.25) is 0 Å². The van der Waals surface area contributed by atoms with Crippen molar-refractivity contribution in [3.05, 3.63) is 29.3 Å². The number of benzene rings is 1. The number of ether oxygens (including phenoxy) is 1. The summed E-state index contributed by atoms with van der Waals surface area (Å²) >= 11 is 5.91. The number of carbonyl (C=O) groups excluding carboxylic acids is 1. The minimum absolute atomic E-state index is 0.284. The highest BCUT2D eigenvalue weighted by molar-refractivity contribution is 6.17. The molecule has 4 heteroatoms. The van der Waals surface area contributed by atoms with E-state index in [1.807, 2.05) is 39.0 Å². The normalized spacial score (nSPS) is 14.6. The number of anilines is 1. The van der Waals surface area contributed by atoms with Crippen molar-refractivity contribution < 1.29 is 9.53 Å². The van der Waals surface area contributed by atoms with Gasteiger partial charge in [0.1, 0.15) is 5.60 Å². The van der Waals surface area contributed by atoms with Crippen molar-refractivity contribution in [2.24, 2.45) is 0 Å². The zero-order valence-electron chi connectivity index (χ0n) is 11.0. The summed E-state index contributed by atoms with van der Waals surface area (Å²) in [4.78, 5) is 13.8. The Kier molecular flexibility index (Phi) is 3.53. The van der Waals surface area contributed by atoms with Crippen LogP contribution < -0.4 is 4.90 Å². The molecule has 1 aliphatic heterocycles. The van der Waals surface area contributed by atoms with Crippen LogP contribution in [0.3, 0.4) is 0 Å². The highest BCUT2D eigenvalue weighted by atomic mass is 35.5. The Morgan fingerprint density at radius 1 is 1.44 bits per heavy atom. The molecule has 0 atom stereocenters. The summed E-state index contributed by atoms with van der Waals surface area (Å²) < 4.78 is 5.41. The number of hydrogen-bond acceptors (Lipinski definition) is 2. The van der Waals surface area contributed by atoms with Crippen molar-refractivity contribution in [3.8, 4) is 0 Å². The molecule has 0 spiro atoms. The standard InChI is InChI=1S/C14H18ClNO2/c1-14(2,3)18-13(17)16-8-7-11-10(9-15)5-4-6-12(11)16/h4-6H,7-9H2,1-3H3. The van der Waals surface area contributed by atoms with Crippen molar-refractivity contribution in [3.63, 3.8) is 0 Å². The second-order valence-electron chi connectivity index (χ2n) is 5.43. The molecule has 2 rings (SSSR count). The second-order valence-corrected chi connectivity index (χ2v) is 5.70. The predicted molar refractivity (Wildman–Crippen MR) is 73.3 cm³/mol. The summed E-state index contributed by atoms with van der Waals surface area (Å²) in [5.74, 6) is 0.478. The first kappa shape index (κ1) is 13.2. The van der Waals surface area contributed by atoms with Gasteiger partial charge in [-0.2, -0.15) is 0 Å². The van der Waals surface area contributed by atoms with E-state index in [0.29, 0.717) is 12.4 Å². The lowest BCUT2D eigenvalue weighted by Gasteiger charge is -2.24. The largest absolute Gasteiger partial charge is 0.443 e. The van der Waals surface area contributed by atoms with Crippen LogP contribution in [0.5, 0.6) is 0 Å². The SMILES string of the molecule is CC(C)(C)OC(=O)N1CCc2c(CCl)cccc21. The summed E-state index contributed by atoms with van der Waals surface area (Å²) in [6.07, 6.45) is 0.560. The van der Waals surface area contributed by atoms with Gasteiger partial charge in [0.25, 0.3) is 0 Å². The molecule has 1 heterocycles. The van der Waals surface area contributed by atoms with Crippen LogP contribution in [-0.2, 0) is 17.0 Å². The predicted octanol–water partition coefficient (Wildman–Crippen LogP) is 3.72. The van der Waals surface area contributed by atoms with Gasteiger partial charge in [0.05, 0.1) is 5.69 Å². The van der Waals surface area contributed by atoms with Crippen LogP contribution in [0.25, 0.3) is 0 Å². The van der Waals surface area contributed by atoms with E-state index in [2.05, 4.69) is 0 Å². The smallest absolute Gasteiger partial charge is 0.414 e. The molecule has 0 saturated heterocycles. The highest BCUT2D eigenvalue weighted by Crippen LogP contribution is 2.32. The van der Waals surface area contributed by atoms with Crippen LogP contribution in [0.4, 0.5) is 10.5 Å². The molecule has 0 fully saturated rings. The van der Waals surface area contributed by atoms with Gasteiger partial charge in [0.15, 0.2) is 0 Å². The summed E-state index contributed by atoms with van der Waals surface area (Å²) in [6, 6.07) is 5.88. The molecule has 0 saturated carbocycles. The highest BCUT2D eigenvalue weighted by Gasteiger charge is 2.29. The number of hydrogen-bond donors (Lipinski definition) is 0. The van der Waals surface area contributed by atoms with Crippen LogP contribution >= 0.6 is 11.6 Å². The summed E-state index contributed by atoms with van der Waals surface area (Å²) in [5.41, 5.74) is 2.73. The zero-order valence-corrected chi connectivity index (χ0v) is 11.8. The summed E-state index contributed by atoms with van der Waals surface area (Å²) in [6.45, 7) is 6.28. The molecule has 1 aliphatic rings. The third-order valence-corrected chi connectivity index (χ3v) is 3.17. The number of carbonyl (C=O) groups is 1. The van der Waals surface area contributed by atoms with Crippen molar-refractivity contribution in [1.82, 2.24) is 0 Å². The fourth-order valence-electron chi connectivity index (χ4n) is 2.14. The molecule has 98 valence electrons. The molecule has 3 nitrogen and oxygen atoms in total. The van der Waals surface area contributed by atoms with Crippen molar-refractivity contribution in [1.29, 1.82) is 0 Å². The first-order valence-electron chi connectivity index (χ1n) is 6.09. The number of halogens is 1. The number of nitrogens with zero attached hydrogens (tertiary/aromatic N) is 1. The van der Waals surface area contributed by atoms with E-state index in [9.17, 15) is 4.79 Å². The zero-order chi connectivity index (χ0) is 13.3. The Morgan fingerprint density at radius 2 is 2.17 bits per heavy atom. The third kappa shape index (κ3) is 2.61. The quantitative estimate of drug-likeness (QED) is 0.726. The molecule has 0 bridgehead atoms. The van der Waals surface area contributed by atoms with Gasteiger partial charge in [-0.25, -0.2) is 4.79 Å². The Hall–Kier alpha value is -1.22. The maximum Gasteiger partial charge on any atom is 0.414 e. The number of alkyl halides is 1. The molecule has 0 unspecified atom stereocenters. The number of rotatable bonds is 1. The minimum Gasteiger partial charge on any atom is -0.443 e. The van der Waals surface area contributed by atoms with E-state index >= 15 is 0 Å². The minimum atomic E-state index is -0.468. The molecule has 0 aliphatic carbocycles. The van der Waals surface area contributed by atoms with Crippen LogP contribution in [0, 0.1) is 0 Å².